The number of rotatable bonds is 3. The van der Waals surface area contributed by atoms with Crippen molar-refractivity contribution in [1.82, 2.24) is 0 Å². The van der Waals surface area contributed by atoms with Crippen LogP contribution < -0.4 is 17.7 Å². The molecule has 0 aliphatic carbocycles. The van der Waals surface area contributed by atoms with Gasteiger partial charge in [0.15, 0.2) is 0 Å². The summed E-state index contributed by atoms with van der Waals surface area (Å²) in [6, 6.07) is 15.8. The van der Waals surface area contributed by atoms with E-state index in [1.807, 2.05) is 48.5 Å². The van der Waals surface area contributed by atoms with Crippen molar-refractivity contribution >= 4 is 24.3 Å². The Bertz CT molecular complexity index is 593. The third-order valence-electron chi connectivity index (χ3n) is 3.65. The average molecular weight is 366 g/mol. The van der Waals surface area contributed by atoms with E-state index in [9.17, 15) is 0 Å². The van der Waals surface area contributed by atoms with Gasteiger partial charge < -0.3 is 0 Å². The van der Waals surface area contributed by atoms with Gasteiger partial charge in [0.2, 0.25) is 0 Å². The van der Waals surface area contributed by atoms with Gasteiger partial charge in [-0.25, -0.2) is 0 Å². The van der Waals surface area contributed by atoms with Crippen LogP contribution in [0.25, 0.3) is 0 Å². The first-order chi connectivity index (χ1) is 10.2. The van der Waals surface area contributed by atoms with E-state index in [2.05, 4.69) is 15.9 Å². The zero-order valence-corrected chi connectivity index (χ0v) is 13.8. The molecule has 0 aromatic heterocycles. The zero-order chi connectivity index (χ0) is 14.4. The summed E-state index contributed by atoms with van der Waals surface area (Å²) in [5.74, 6) is 2.75. The van der Waals surface area contributed by atoms with E-state index >= 15 is 0 Å². The second-order valence-corrected chi connectivity index (χ2v) is 9.44. The molecule has 1 spiro atoms. The molecule has 2 aliphatic rings. The van der Waals surface area contributed by atoms with E-state index < -0.39 is 8.33 Å². The molecule has 0 radical (unpaired) electrons. The van der Waals surface area contributed by atoms with Gasteiger partial charge in [-0.05, 0) is 0 Å². The molecular formula is C15H14BrO4Si-. The molecule has 0 saturated heterocycles. The maximum absolute atomic E-state index is 6.19. The van der Waals surface area contributed by atoms with Crippen LogP contribution in [-0.2, 0) is 0 Å². The summed E-state index contributed by atoms with van der Waals surface area (Å²) in [7, 11) is -3.96. The zero-order valence-electron chi connectivity index (χ0n) is 11.3. The van der Waals surface area contributed by atoms with Crippen LogP contribution >= 0.6 is 15.9 Å². The molecule has 2 aliphatic heterocycles. The number of alkyl halides is 1. The summed E-state index contributed by atoms with van der Waals surface area (Å²) in [4.78, 5) is 0. The first-order valence-electron chi connectivity index (χ1n) is 6.91. The third kappa shape index (κ3) is 1.93. The molecule has 0 unspecified atom stereocenters. The quantitative estimate of drug-likeness (QED) is 0.605. The Labute approximate surface area is 131 Å². The predicted octanol–water partition coefficient (Wildman–Crippen LogP) is 4.10. The normalized spacial score (nSPS) is 20.9. The van der Waals surface area contributed by atoms with E-state index in [1.165, 1.54) is 0 Å². The van der Waals surface area contributed by atoms with E-state index in [4.69, 9.17) is 17.7 Å². The second-order valence-electron chi connectivity index (χ2n) is 5.17. The average Bonchev–Trinajstić information content (AvgIpc) is 2.99. The van der Waals surface area contributed by atoms with E-state index in [0.29, 0.717) is 29.0 Å². The Morgan fingerprint density at radius 2 is 1.10 bits per heavy atom. The van der Waals surface area contributed by atoms with Crippen molar-refractivity contribution in [2.24, 2.45) is 0 Å². The molecule has 2 aromatic rings. The summed E-state index contributed by atoms with van der Waals surface area (Å²) < 4.78 is 24.8. The first kappa shape index (κ1) is 13.0. The van der Waals surface area contributed by atoms with Gasteiger partial charge >= 0.3 is 131 Å². The Morgan fingerprint density at radius 1 is 0.714 bits per heavy atom. The van der Waals surface area contributed by atoms with Crippen molar-refractivity contribution < 1.29 is 17.7 Å². The Morgan fingerprint density at radius 3 is 1.43 bits per heavy atom. The molecule has 0 amide bonds. The molecule has 0 saturated carbocycles. The molecule has 110 valence electrons. The van der Waals surface area contributed by atoms with Crippen LogP contribution in [0.4, 0.5) is 0 Å². The second kappa shape index (κ2) is 4.41. The summed E-state index contributed by atoms with van der Waals surface area (Å²) in [6.07, 6.45) is 0.843. The van der Waals surface area contributed by atoms with Crippen molar-refractivity contribution in [1.29, 1.82) is 0 Å². The monoisotopic (exact) mass is 365 g/mol. The Hall–Kier alpha value is -1.66. The fraction of sp³-hybridized carbons (Fsp3) is 0.200. The van der Waals surface area contributed by atoms with Crippen molar-refractivity contribution in [3.8, 4) is 23.0 Å². The minimum atomic E-state index is -3.96. The molecule has 0 bridgehead atoms. The van der Waals surface area contributed by atoms with Crippen molar-refractivity contribution in [2.75, 3.05) is 5.33 Å². The summed E-state index contributed by atoms with van der Waals surface area (Å²) in [6.45, 7) is 0. The molecule has 6 heteroatoms. The van der Waals surface area contributed by atoms with E-state index in [-0.39, 0.29) is 0 Å². The fourth-order valence-corrected chi connectivity index (χ4v) is 7.36. The van der Waals surface area contributed by atoms with Crippen LogP contribution in [0.2, 0.25) is 6.04 Å². The summed E-state index contributed by atoms with van der Waals surface area (Å²) in [5.41, 5.74) is 0. The molecule has 4 nitrogen and oxygen atoms in total. The van der Waals surface area contributed by atoms with Crippen molar-refractivity contribution in [3.63, 3.8) is 0 Å². The summed E-state index contributed by atoms with van der Waals surface area (Å²) >= 11 is 3.46. The molecule has 0 atom stereocenters. The van der Waals surface area contributed by atoms with Crippen LogP contribution in [0.3, 0.4) is 0 Å². The number of halogens is 1. The van der Waals surface area contributed by atoms with Crippen LogP contribution in [-0.4, -0.2) is 13.7 Å². The van der Waals surface area contributed by atoms with Gasteiger partial charge in [0.05, 0.1) is 0 Å². The van der Waals surface area contributed by atoms with Gasteiger partial charge in [0, 0.05) is 0 Å². The fourth-order valence-electron chi connectivity index (χ4n) is 2.77. The summed E-state index contributed by atoms with van der Waals surface area (Å²) in [5, 5.41) is 0.836. The van der Waals surface area contributed by atoms with E-state index in [1.54, 1.807) is 0 Å². The predicted molar refractivity (Wildman–Crippen MR) is 84.4 cm³/mol. The molecule has 21 heavy (non-hydrogen) atoms. The van der Waals surface area contributed by atoms with Gasteiger partial charge in [0.25, 0.3) is 0 Å². The number of benzene rings is 2. The van der Waals surface area contributed by atoms with Crippen LogP contribution in [0.15, 0.2) is 48.5 Å². The maximum atomic E-state index is 6.19. The van der Waals surface area contributed by atoms with Gasteiger partial charge in [-0.2, -0.15) is 0 Å². The third-order valence-corrected chi connectivity index (χ3v) is 7.83. The number of fused-ring (bicyclic) bond motifs is 2. The topological polar surface area (TPSA) is 36.9 Å². The number of para-hydroxylation sites is 4. The van der Waals surface area contributed by atoms with Gasteiger partial charge in [-0.15, -0.1) is 0 Å². The SMILES string of the molecule is BrCCC[Si-]12(Oc3ccccc3O1)Oc1ccccc1O2. The molecule has 0 N–H and O–H groups in total. The van der Waals surface area contributed by atoms with Crippen molar-refractivity contribution in [3.05, 3.63) is 48.5 Å². The molecule has 2 heterocycles. The molecule has 2 aromatic carbocycles. The van der Waals surface area contributed by atoms with Crippen LogP contribution in [0, 0.1) is 0 Å². The standard InChI is InChI=1S/C15H14BrO4Si/c16-10-5-11-21(17-12-6-1-2-7-13(12)18-21)19-14-8-3-4-9-15(14)20-21/h1-4,6-9H,5,10-11H2/q-1. The Balaban J connectivity index is 1.78. The molecule has 4 rings (SSSR count). The van der Waals surface area contributed by atoms with Gasteiger partial charge in [-0.3, -0.25) is 0 Å². The van der Waals surface area contributed by atoms with Gasteiger partial charge in [0.1, 0.15) is 0 Å². The Kier molecular flexibility index (Phi) is 2.74. The first-order valence-corrected chi connectivity index (χ1v) is 10.4. The van der Waals surface area contributed by atoms with Crippen molar-refractivity contribution in [2.45, 2.75) is 12.5 Å². The molecule has 0 fully saturated rings. The number of hydrogen-bond acceptors (Lipinski definition) is 4. The van der Waals surface area contributed by atoms with Crippen LogP contribution in [0.5, 0.6) is 23.0 Å². The van der Waals surface area contributed by atoms with Gasteiger partial charge in [-0.1, -0.05) is 0 Å². The number of hydrogen-bond donors (Lipinski definition) is 0. The van der Waals surface area contributed by atoms with Crippen LogP contribution in [0.1, 0.15) is 6.42 Å². The minimum absolute atomic E-state index is 0.592. The molecular weight excluding hydrogens is 352 g/mol. The van der Waals surface area contributed by atoms with E-state index in [0.717, 1.165) is 11.8 Å².